The lowest BCUT2D eigenvalue weighted by Crippen LogP contribution is -2.30. The highest BCUT2D eigenvalue weighted by Gasteiger charge is 2.47. The molecule has 2 heterocycles. The lowest BCUT2D eigenvalue weighted by atomic mass is 9.98. The topological polar surface area (TPSA) is 106 Å². The normalized spacial score (nSPS) is 16.9. The minimum absolute atomic E-state index is 0.0915. The second kappa shape index (κ2) is 10.7. The summed E-state index contributed by atoms with van der Waals surface area (Å²) in [5, 5.41) is 11.3. The number of anilines is 1. The Hall–Kier alpha value is -4.46. The molecule has 190 valence electrons. The van der Waals surface area contributed by atoms with Gasteiger partial charge in [-0.1, -0.05) is 24.3 Å². The molecule has 1 N–H and O–H groups in total. The Labute approximate surface area is 215 Å². The van der Waals surface area contributed by atoms with Crippen molar-refractivity contribution in [3.05, 3.63) is 95.3 Å². The van der Waals surface area contributed by atoms with E-state index >= 15 is 0 Å². The van der Waals surface area contributed by atoms with Crippen LogP contribution in [-0.2, 0) is 14.3 Å². The number of pyridine rings is 1. The van der Waals surface area contributed by atoms with E-state index in [9.17, 15) is 19.5 Å². The number of Topliss-reactive ketones (excluding diaryl/α,β-unsaturated/α-hetero) is 1. The summed E-state index contributed by atoms with van der Waals surface area (Å²) in [5.74, 6) is -2.09. The molecule has 0 bridgehead atoms. The van der Waals surface area contributed by atoms with Gasteiger partial charge in [0.2, 0.25) is 0 Å². The maximum atomic E-state index is 13.4. The predicted octanol–water partition coefficient (Wildman–Crippen LogP) is 5.06. The molecule has 1 saturated heterocycles. The van der Waals surface area contributed by atoms with Gasteiger partial charge in [-0.2, -0.15) is 0 Å². The van der Waals surface area contributed by atoms with Crippen LogP contribution in [0.2, 0.25) is 0 Å². The summed E-state index contributed by atoms with van der Waals surface area (Å²) >= 11 is 0. The molecule has 37 heavy (non-hydrogen) atoms. The van der Waals surface area contributed by atoms with Gasteiger partial charge in [0, 0.05) is 17.4 Å². The number of esters is 1. The zero-order chi connectivity index (χ0) is 26.7. The number of aliphatic hydroxyl groups is 1. The number of aliphatic hydroxyl groups excluding tert-OH is 1. The Kier molecular flexibility index (Phi) is 7.38. The van der Waals surface area contributed by atoms with E-state index in [4.69, 9.17) is 9.47 Å². The van der Waals surface area contributed by atoms with Crippen molar-refractivity contribution in [2.45, 2.75) is 45.9 Å². The molecule has 1 aliphatic rings. The van der Waals surface area contributed by atoms with Crippen molar-refractivity contribution in [3.63, 3.8) is 0 Å². The molecular weight excluding hydrogens is 472 g/mol. The second-order valence-electron chi connectivity index (χ2n) is 9.12. The molecule has 3 aromatic rings. The standard InChI is InChI=1S/C29H28N2O6/c1-17(2)36-22-12-8-9-19(16-22)26(32)24-25(23-13-5-6-14-30-23)31(28(34)27(24)33)21-11-7-10-20(15-21)29(35)37-18(3)4/h5-18,25,32H,1-4H3/b26-24+. The molecule has 1 aliphatic heterocycles. The summed E-state index contributed by atoms with van der Waals surface area (Å²) in [7, 11) is 0. The van der Waals surface area contributed by atoms with E-state index in [2.05, 4.69) is 4.98 Å². The molecule has 2 aromatic carbocycles. The SMILES string of the molecule is CC(C)OC(=O)c1cccc(N2C(=O)C(=O)/C(=C(/O)c3cccc(OC(C)C)c3)C2c2ccccn2)c1. The van der Waals surface area contributed by atoms with Crippen molar-refractivity contribution >= 4 is 29.1 Å². The number of amides is 1. The first-order valence-electron chi connectivity index (χ1n) is 12.0. The third-order valence-corrected chi connectivity index (χ3v) is 5.59. The summed E-state index contributed by atoms with van der Waals surface area (Å²) < 4.78 is 11.0. The van der Waals surface area contributed by atoms with Gasteiger partial charge in [0.15, 0.2) is 0 Å². The average Bonchev–Trinajstić information content (AvgIpc) is 3.14. The van der Waals surface area contributed by atoms with Crippen molar-refractivity contribution in [1.29, 1.82) is 0 Å². The van der Waals surface area contributed by atoms with E-state index in [0.29, 0.717) is 22.7 Å². The Morgan fingerprint density at radius 1 is 0.919 bits per heavy atom. The highest BCUT2D eigenvalue weighted by atomic mass is 16.5. The van der Waals surface area contributed by atoms with Crippen molar-refractivity contribution in [2.24, 2.45) is 0 Å². The van der Waals surface area contributed by atoms with E-state index in [0.717, 1.165) is 0 Å². The first-order valence-corrected chi connectivity index (χ1v) is 12.0. The van der Waals surface area contributed by atoms with Gasteiger partial charge in [-0.15, -0.1) is 0 Å². The summed E-state index contributed by atoms with van der Waals surface area (Å²) in [6.07, 6.45) is 1.13. The van der Waals surface area contributed by atoms with Gasteiger partial charge in [0.1, 0.15) is 17.6 Å². The molecule has 4 rings (SSSR count). The first-order chi connectivity index (χ1) is 17.7. The molecular formula is C29H28N2O6. The Morgan fingerprint density at radius 2 is 1.65 bits per heavy atom. The van der Waals surface area contributed by atoms with Gasteiger partial charge in [0.25, 0.3) is 11.7 Å². The fraction of sp³-hybridized carbons (Fsp3) is 0.241. The maximum Gasteiger partial charge on any atom is 0.338 e. The van der Waals surface area contributed by atoms with Gasteiger partial charge in [-0.25, -0.2) is 4.79 Å². The summed E-state index contributed by atoms with van der Waals surface area (Å²) in [4.78, 5) is 44.9. The lowest BCUT2D eigenvalue weighted by molar-refractivity contribution is -0.132. The third-order valence-electron chi connectivity index (χ3n) is 5.59. The van der Waals surface area contributed by atoms with Crippen LogP contribution in [0.5, 0.6) is 5.75 Å². The van der Waals surface area contributed by atoms with E-state index in [-0.39, 0.29) is 29.1 Å². The van der Waals surface area contributed by atoms with Crippen LogP contribution in [0.4, 0.5) is 5.69 Å². The monoisotopic (exact) mass is 500 g/mol. The molecule has 1 aromatic heterocycles. The van der Waals surface area contributed by atoms with Crippen molar-refractivity contribution in [2.75, 3.05) is 4.90 Å². The quantitative estimate of drug-likeness (QED) is 0.209. The third kappa shape index (κ3) is 5.38. The number of nitrogens with zero attached hydrogens (tertiary/aromatic N) is 2. The fourth-order valence-corrected chi connectivity index (χ4v) is 4.13. The van der Waals surface area contributed by atoms with Crippen molar-refractivity contribution in [3.8, 4) is 5.75 Å². The fourth-order valence-electron chi connectivity index (χ4n) is 4.13. The van der Waals surface area contributed by atoms with E-state index in [1.807, 2.05) is 13.8 Å². The van der Waals surface area contributed by atoms with Gasteiger partial charge in [0.05, 0.1) is 29.0 Å². The van der Waals surface area contributed by atoms with Crippen LogP contribution in [0.25, 0.3) is 5.76 Å². The molecule has 0 radical (unpaired) electrons. The number of hydrogen-bond donors (Lipinski definition) is 1. The smallest absolute Gasteiger partial charge is 0.338 e. The number of benzene rings is 2. The van der Waals surface area contributed by atoms with Crippen LogP contribution < -0.4 is 9.64 Å². The van der Waals surface area contributed by atoms with Crippen LogP contribution in [0, 0.1) is 0 Å². The van der Waals surface area contributed by atoms with E-state index in [1.165, 1.54) is 11.0 Å². The Balaban J connectivity index is 1.86. The van der Waals surface area contributed by atoms with Crippen molar-refractivity contribution in [1.82, 2.24) is 4.98 Å². The van der Waals surface area contributed by atoms with Gasteiger partial charge < -0.3 is 14.6 Å². The van der Waals surface area contributed by atoms with E-state index in [1.54, 1.807) is 80.7 Å². The predicted molar refractivity (Wildman–Crippen MR) is 138 cm³/mol. The zero-order valence-corrected chi connectivity index (χ0v) is 21.0. The maximum absolute atomic E-state index is 13.4. The van der Waals surface area contributed by atoms with Crippen LogP contribution in [-0.4, -0.2) is 40.0 Å². The summed E-state index contributed by atoms with van der Waals surface area (Å²) in [6.45, 7) is 7.24. The molecule has 0 aliphatic carbocycles. The van der Waals surface area contributed by atoms with E-state index < -0.39 is 23.7 Å². The highest BCUT2D eigenvalue weighted by molar-refractivity contribution is 6.51. The molecule has 1 unspecified atom stereocenters. The number of aromatic nitrogens is 1. The molecule has 0 spiro atoms. The molecule has 0 saturated carbocycles. The number of carbonyl (C=O) groups is 3. The first kappa shape index (κ1) is 25.6. The molecule has 1 fully saturated rings. The lowest BCUT2D eigenvalue weighted by Gasteiger charge is -2.25. The van der Waals surface area contributed by atoms with Crippen molar-refractivity contribution < 1.29 is 29.0 Å². The average molecular weight is 501 g/mol. The number of rotatable bonds is 7. The summed E-state index contributed by atoms with van der Waals surface area (Å²) in [6, 6.07) is 17.1. The van der Waals surface area contributed by atoms with Gasteiger partial charge in [-0.3, -0.25) is 19.5 Å². The largest absolute Gasteiger partial charge is 0.507 e. The second-order valence-corrected chi connectivity index (χ2v) is 9.12. The Morgan fingerprint density at radius 3 is 2.32 bits per heavy atom. The molecule has 8 nitrogen and oxygen atoms in total. The van der Waals surface area contributed by atoms with Gasteiger partial charge in [-0.05, 0) is 70.2 Å². The van der Waals surface area contributed by atoms with Crippen LogP contribution in [0.1, 0.15) is 55.4 Å². The molecule has 8 heteroatoms. The number of hydrogen-bond acceptors (Lipinski definition) is 7. The summed E-state index contributed by atoms with van der Waals surface area (Å²) in [5.41, 5.74) is 1.12. The minimum atomic E-state index is -1.02. The highest BCUT2D eigenvalue weighted by Crippen LogP contribution is 2.42. The number of ketones is 1. The zero-order valence-electron chi connectivity index (χ0n) is 21.0. The molecule has 1 amide bonds. The van der Waals surface area contributed by atoms with Crippen LogP contribution >= 0.6 is 0 Å². The van der Waals surface area contributed by atoms with Gasteiger partial charge >= 0.3 is 5.97 Å². The van der Waals surface area contributed by atoms with Crippen LogP contribution in [0.3, 0.4) is 0 Å². The van der Waals surface area contributed by atoms with Crippen LogP contribution in [0.15, 0.2) is 78.5 Å². The Bertz CT molecular complexity index is 1360. The number of ether oxygens (including phenoxy) is 2. The molecule has 1 atom stereocenters. The minimum Gasteiger partial charge on any atom is -0.507 e. The number of carbonyl (C=O) groups excluding carboxylic acids is 3.